The molecule has 0 aromatic heterocycles. The van der Waals surface area contributed by atoms with E-state index in [9.17, 15) is 4.79 Å². The molecule has 0 amide bonds. The topological polar surface area (TPSA) is 72.5 Å². The van der Waals surface area contributed by atoms with Crippen LogP contribution in [0.2, 0.25) is 0 Å². The number of aliphatic carboxylic acids is 1. The molecule has 0 aliphatic heterocycles. The number of carboxylic acid groups (broad SMARTS) is 1. The number of carbonyl (C=O) groups is 1. The molecule has 4 nitrogen and oxygen atoms in total. The number of hydrogen-bond acceptors (Lipinski definition) is 4. The minimum atomic E-state index is -1.09. The van der Waals surface area contributed by atoms with E-state index < -0.39 is 11.5 Å². The van der Waals surface area contributed by atoms with Crippen LogP contribution in [0.25, 0.3) is 0 Å². The molecule has 84 valence electrons. The summed E-state index contributed by atoms with van der Waals surface area (Å²) < 4.78 is 4.90. The lowest BCUT2D eigenvalue weighted by atomic mass is 10.0. The summed E-state index contributed by atoms with van der Waals surface area (Å²) in [6.45, 7) is 2.30. The van der Waals surface area contributed by atoms with Crippen LogP contribution < -0.4 is 5.73 Å². The van der Waals surface area contributed by atoms with Gasteiger partial charge in [0.25, 0.3) is 0 Å². The van der Waals surface area contributed by atoms with Crippen molar-refractivity contribution >= 4 is 17.7 Å². The zero-order chi connectivity index (χ0) is 11.0. The van der Waals surface area contributed by atoms with Gasteiger partial charge in [0.2, 0.25) is 0 Å². The van der Waals surface area contributed by atoms with Crippen molar-refractivity contribution in [2.45, 2.75) is 25.3 Å². The zero-order valence-electron chi connectivity index (χ0n) is 8.78. The fraction of sp³-hybridized carbons (Fsp3) is 0.889. The van der Waals surface area contributed by atoms with E-state index in [4.69, 9.17) is 15.6 Å². The molecular formula is C9H19NO3S. The molecule has 0 aliphatic carbocycles. The van der Waals surface area contributed by atoms with Gasteiger partial charge in [0.05, 0.1) is 0 Å². The minimum Gasteiger partial charge on any atom is -0.480 e. The first-order valence-corrected chi connectivity index (χ1v) is 5.75. The van der Waals surface area contributed by atoms with Crippen LogP contribution >= 0.6 is 11.8 Å². The summed E-state index contributed by atoms with van der Waals surface area (Å²) in [6.07, 6.45) is 1.50. The molecule has 1 unspecified atom stereocenters. The van der Waals surface area contributed by atoms with Crippen LogP contribution in [0, 0.1) is 0 Å². The van der Waals surface area contributed by atoms with E-state index in [1.807, 2.05) is 0 Å². The largest absolute Gasteiger partial charge is 0.480 e. The van der Waals surface area contributed by atoms with Gasteiger partial charge in [0.15, 0.2) is 0 Å². The molecule has 0 rings (SSSR count). The van der Waals surface area contributed by atoms with Crippen molar-refractivity contribution in [1.29, 1.82) is 0 Å². The molecule has 0 bridgehead atoms. The van der Waals surface area contributed by atoms with E-state index in [0.29, 0.717) is 6.42 Å². The molecule has 5 heteroatoms. The second kappa shape index (κ2) is 7.09. The summed E-state index contributed by atoms with van der Waals surface area (Å²) in [6, 6.07) is 0. The maximum Gasteiger partial charge on any atom is 0.323 e. The first kappa shape index (κ1) is 13.7. The van der Waals surface area contributed by atoms with Gasteiger partial charge >= 0.3 is 5.97 Å². The number of thioether (sulfide) groups is 1. The lowest BCUT2D eigenvalue weighted by molar-refractivity contribution is -0.142. The van der Waals surface area contributed by atoms with Crippen LogP contribution in [0.1, 0.15) is 19.8 Å². The predicted octanol–water partition coefficient (Wildman–Crippen LogP) is 0.948. The number of rotatable bonds is 8. The lowest BCUT2D eigenvalue weighted by Crippen LogP contribution is -2.45. The molecule has 1 atom stereocenters. The van der Waals surface area contributed by atoms with Gasteiger partial charge in [0, 0.05) is 13.7 Å². The van der Waals surface area contributed by atoms with Crippen LogP contribution in [0.3, 0.4) is 0 Å². The summed E-state index contributed by atoms with van der Waals surface area (Å²) in [5.74, 6) is 0.835. The second-order valence-corrected chi connectivity index (χ2v) is 4.66. The Labute approximate surface area is 89.2 Å². The molecule has 0 saturated heterocycles. The Kier molecular flexibility index (Phi) is 6.96. The first-order valence-electron chi connectivity index (χ1n) is 4.59. The average molecular weight is 221 g/mol. The summed E-state index contributed by atoms with van der Waals surface area (Å²) in [4.78, 5) is 10.6. The molecule has 14 heavy (non-hydrogen) atoms. The van der Waals surface area contributed by atoms with Gasteiger partial charge in [-0.3, -0.25) is 4.79 Å². The Morgan fingerprint density at radius 1 is 1.57 bits per heavy atom. The first-order chi connectivity index (χ1) is 6.50. The third kappa shape index (κ3) is 6.23. The SMILES string of the molecule is COCCCSCCC(C)(N)C(=O)O. The Morgan fingerprint density at radius 3 is 2.71 bits per heavy atom. The van der Waals surface area contributed by atoms with E-state index in [0.717, 1.165) is 24.5 Å². The van der Waals surface area contributed by atoms with Gasteiger partial charge < -0.3 is 15.6 Å². The zero-order valence-corrected chi connectivity index (χ0v) is 9.60. The molecule has 0 aromatic rings. The number of nitrogens with two attached hydrogens (primary N) is 1. The Morgan fingerprint density at radius 2 is 2.21 bits per heavy atom. The smallest absolute Gasteiger partial charge is 0.323 e. The Hall–Kier alpha value is -0.260. The standard InChI is InChI=1S/C9H19NO3S/c1-9(10,8(11)12)4-7-14-6-3-5-13-2/h3-7,10H2,1-2H3,(H,11,12). The maximum atomic E-state index is 10.6. The van der Waals surface area contributed by atoms with E-state index in [2.05, 4.69) is 0 Å². The molecule has 0 aliphatic rings. The van der Waals surface area contributed by atoms with Gasteiger partial charge in [-0.15, -0.1) is 0 Å². The molecule has 0 saturated carbocycles. The summed E-state index contributed by atoms with van der Waals surface area (Å²) >= 11 is 1.71. The Bertz CT molecular complexity index is 173. The monoisotopic (exact) mass is 221 g/mol. The van der Waals surface area contributed by atoms with Crippen LogP contribution in [0.5, 0.6) is 0 Å². The van der Waals surface area contributed by atoms with Crippen LogP contribution in [-0.4, -0.2) is 41.8 Å². The number of carboxylic acids is 1. The maximum absolute atomic E-state index is 10.6. The number of hydrogen-bond donors (Lipinski definition) is 2. The number of methoxy groups -OCH3 is 1. The predicted molar refractivity (Wildman–Crippen MR) is 58.7 cm³/mol. The Balaban J connectivity index is 3.40. The van der Waals surface area contributed by atoms with Gasteiger partial charge in [0.1, 0.15) is 5.54 Å². The molecule has 0 radical (unpaired) electrons. The van der Waals surface area contributed by atoms with Crippen molar-refractivity contribution in [2.24, 2.45) is 5.73 Å². The van der Waals surface area contributed by atoms with Gasteiger partial charge in [-0.2, -0.15) is 11.8 Å². The minimum absolute atomic E-state index is 0.500. The van der Waals surface area contributed by atoms with Crippen LogP contribution in [-0.2, 0) is 9.53 Å². The molecule has 0 spiro atoms. The highest BCUT2D eigenvalue weighted by Gasteiger charge is 2.26. The summed E-state index contributed by atoms with van der Waals surface area (Å²) in [5, 5.41) is 8.73. The van der Waals surface area contributed by atoms with Crippen molar-refractivity contribution in [2.75, 3.05) is 25.2 Å². The highest BCUT2D eigenvalue weighted by atomic mass is 32.2. The quantitative estimate of drug-likeness (QED) is 0.597. The van der Waals surface area contributed by atoms with Crippen molar-refractivity contribution < 1.29 is 14.6 Å². The van der Waals surface area contributed by atoms with E-state index in [1.54, 1.807) is 25.8 Å². The van der Waals surface area contributed by atoms with Crippen molar-refractivity contribution in [1.82, 2.24) is 0 Å². The lowest BCUT2D eigenvalue weighted by Gasteiger charge is -2.18. The van der Waals surface area contributed by atoms with Gasteiger partial charge in [-0.1, -0.05) is 0 Å². The van der Waals surface area contributed by atoms with Crippen molar-refractivity contribution in [3.8, 4) is 0 Å². The van der Waals surface area contributed by atoms with E-state index >= 15 is 0 Å². The van der Waals surface area contributed by atoms with Gasteiger partial charge in [-0.05, 0) is 31.3 Å². The molecule has 0 aromatic carbocycles. The fourth-order valence-electron chi connectivity index (χ4n) is 0.799. The number of ether oxygens (including phenoxy) is 1. The van der Waals surface area contributed by atoms with E-state index in [1.165, 1.54) is 0 Å². The second-order valence-electron chi connectivity index (χ2n) is 3.43. The van der Waals surface area contributed by atoms with Gasteiger partial charge in [-0.25, -0.2) is 0 Å². The molecule has 0 fully saturated rings. The average Bonchev–Trinajstić information content (AvgIpc) is 2.10. The third-order valence-electron chi connectivity index (χ3n) is 1.89. The summed E-state index contributed by atoms with van der Waals surface area (Å²) in [7, 11) is 1.67. The molecular weight excluding hydrogens is 202 g/mol. The van der Waals surface area contributed by atoms with Crippen LogP contribution in [0.4, 0.5) is 0 Å². The van der Waals surface area contributed by atoms with Crippen molar-refractivity contribution in [3.63, 3.8) is 0 Å². The third-order valence-corrected chi connectivity index (χ3v) is 2.96. The van der Waals surface area contributed by atoms with Crippen molar-refractivity contribution in [3.05, 3.63) is 0 Å². The fourth-order valence-corrected chi connectivity index (χ4v) is 1.89. The van der Waals surface area contributed by atoms with Crippen LogP contribution in [0.15, 0.2) is 0 Å². The van der Waals surface area contributed by atoms with E-state index in [-0.39, 0.29) is 0 Å². The molecule has 0 heterocycles. The molecule has 3 N–H and O–H groups in total. The highest BCUT2D eigenvalue weighted by Crippen LogP contribution is 2.12. The highest BCUT2D eigenvalue weighted by molar-refractivity contribution is 7.99. The summed E-state index contributed by atoms with van der Waals surface area (Å²) in [5.41, 5.74) is 4.47. The normalized spacial score (nSPS) is 15.1.